The van der Waals surface area contributed by atoms with Crippen molar-refractivity contribution in [3.63, 3.8) is 0 Å². The quantitative estimate of drug-likeness (QED) is 0.270. The van der Waals surface area contributed by atoms with E-state index in [0.717, 1.165) is 11.1 Å². The maximum atomic E-state index is 13.3. The minimum atomic E-state index is -4.16. The molecule has 10 heteroatoms. The SMILES string of the molecule is CONS(=O)(=O)c1nc(Cl)ccc1O[C@H](C)c1cc(C)cc2c(=O)c(C)c(-c3ccccc3)oc12. The Morgan fingerprint density at radius 2 is 1.80 bits per heavy atom. The summed E-state index contributed by atoms with van der Waals surface area (Å²) in [5.74, 6) is 0.417. The molecule has 1 atom stereocenters. The summed E-state index contributed by atoms with van der Waals surface area (Å²) >= 11 is 5.93. The lowest BCUT2D eigenvalue weighted by atomic mass is 10.00. The van der Waals surface area contributed by atoms with Gasteiger partial charge in [-0.3, -0.25) is 9.63 Å². The minimum Gasteiger partial charge on any atom is -0.483 e. The highest BCUT2D eigenvalue weighted by Crippen LogP contribution is 2.34. The molecule has 0 aliphatic heterocycles. The van der Waals surface area contributed by atoms with Gasteiger partial charge in [0.25, 0.3) is 10.0 Å². The number of nitrogens with one attached hydrogen (secondary N) is 1. The molecule has 0 radical (unpaired) electrons. The summed E-state index contributed by atoms with van der Waals surface area (Å²) in [6, 6.07) is 15.8. The van der Waals surface area contributed by atoms with Gasteiger partial charge in [0, 0.05) is 16.7 Å². The Bertz CT molecular complexity index is 1570. The third-order valence-electron chi connectivity index (χ3n) is 5.41. The molecule has 182 valence electrons. The van der Waals surface area contributed by atoms with Crippen molar-refractivity contribution in [1.29, 1.82) is 0 Å². The van der Waals surface area contributed by atoms with Crippen LogP contribution in [0.3, 0.4) is 0 Å². The molecule has 0 aliphatic rings. The van der Waals surface area contributed by atoms with Gasteiger partial charge in [-0.1, -0.05) is 46.8 Å². The molecule has 0 aliphatic carbocycles. The number of sulfonamides is 1. The molecule has 0 saturated carbocycles. The van der Waals surface area contributed by atoms with E-state index in [-0.39, 0.29) is 16.3 Å². The average Bonchev–Trinajstić information content (AvgIpc) is 2.82. The lowest BCUT2D eigenvalue weighted by molar-refractivity contribution is 0.152. The topological polar surface area (TPSA) is 108 Å². The molecule has 2 aromatic carbocycles. The first-order valence-corrected chi connectivity index (χ1v) is 12.5. The number of hydrogen-bond donors (Lipinski definition) is 1. The van der Waals surface area contributed by atoms with Gasteiger partial charge in [0.05, 0.1) is 12.5 Å². The first-order chi connectivity index (χ1) is 16.6. The van der Waals surface area contributed by atoms with Gasteiger partial charge < -0.3 is 9.15 Å². The van der Waals surface area contributed by atoms with Crippen molar-refractivity contribution in [3.05, 3.63) is 86.7 Å². The molecule has 0 unspecified atom stereocenters. The van der Waals surface area contributed by atoms with Crippen LogP contribution in [0.25, 0.3) is 22.3 Å². The zero-order valence-electron chi connectivity index (χ0n) is 19.5. The second-order valence-corrected chi connectivity index (χ2v) is 9.92. The van der Waals surface area contributed by atoms with Crippen LogP contribution in [0.4, 0.5) is 0 Å². The third kappa shape index (κ3) is 4.94. The maximum Gasteiger partial charge on any atom is 0.283 e. The Balaban J connectivity index is 1.87. The fraction of sp³-hybridized carbons (Fsp3) is 0.200. The van der Waals surface area contributed by atoms with Gasteiger partial charge >= 0.3 is 0 Å². The van der Waals surface area contributed by atoms with Gasteiger partial charge in [-0.25, -0.2) is 13.4 Å². The van der Waals surface area contributed by atoms with Crippen LogP contribution in [0.2, 0.25) is 5.15 Å². The van der Waals surface area contributed by atoms with Crippen LogP contribution >= 0.6 is 11.6 Å². The summed E-state index contributed by atoms with van der Waals surface area (Å²) in [7, 11) is -3.00. The van der Waals surface area contributed by atoms with Crippen molar-refractivity contribution in [3.8, 4) is 17.1 Å². The second kappa shape index (κ2) is 9.79. The number of ether oxygens (including phenoxy) is 1. The summed E-state index contributed by atoms with van der Waals surface area (Å²) in [5, 5.41) is -0.0508. The molecule has 0 spiro atoms. The molecule has 8 nitrogen and oxygen atoms in total. The van der Waals surface area contributed by atoms with Crippen molar-refractivity contribution >= 4 is 32.6 Å². The van der Waals surface area contributed by atoms with E-state index < -0.39 is 21.2 Å². The summed E-state index contributed by atoms with van der Waals surface area (Å²) in [6.07, 6.45) is -0.716. The molecule has 0 amide bonds. The minimum absolute atomic E-state index is 0.0311. The van der Waals surface area contributed by atoms with Crippen LogP contribution in [-0.4, -0.2) is 20.5 Å². The Labute approximate surface area is 207 Å². The standard InChI is InChI=1S/C25H23ClN2O6S/c1-14-12-18(16(3)33-20-10-11-21(26)27-25(20)35(30,31)28-32-4)24-19(13-14)22(29)15(2)23(34-24)17-8-6-5-7-9-17/h5-13,16,28H,1-4H3/t16-/m1/s1. The van der Waals surface area contributed by atoms with E-state index >= 15 is 0 Å². The van der Waals surface area contributed by atoms with Crippen LogP contribution in [0.15, 0.2) is 68.8 Å². The number of aromatic nitrogens is 1. The molecule has 4 rings (SSSR count). The van der Waals surface area contributed by atoms with Crippen LogP contribution in [0.1, 0.15) is 29.7 Å². The lowest BCUT2D eigenvalue weighted by Crippen LogP contribution is -2.24. The molecule has 0 saturated heterocycles. The second-order valence-electron chi connectivity index (χ2n) is 7.97. The molecule has 0 bridgehead atoms. The van der Waals surface area contributed by atoms with E-state index in [2.05, 4.69) is 9.82 Å². The number of nitrogens with zero attached hydrogens (tertiary/aromatic N) is 1. The predicted molar refractivity (Wildman–Crippen MR) is 133 cm³/mol. The Hall–Kier alpha value is -3.24. The highest BCUT2D eigenvalue weighted by molar-refractivity contribution is 7.89. The monoisotopic (exact) mass is 514 g/mol. The molecule has 2 heterocycles. The van der Waals surface area contributed by atoms with E-state index in [1.54, 1.807) is 19.9 Å². The molecule has 35 heavy (non-hydrogen) atoms. The number of fused-ring (bicyclic) bond motifs is 1. The number of benzene rings is 2. The number of rotatable bonds is 7. The van der Waals surface area contributed by atoms with E-state index in [1.165, 1.54) is 19.2 Å². The molecule has 2 aromatic heterocycles. The van der Waals surface area contributed by atoms with Crippen molar-refractivity contribution in [2.45, 2.75) is 31.9 Å². The van der Waals surface area contributed by atoms with Crippen molar-refractivity contribution in [2.75, 3.05) is 7.11 Å². The molecule has 4 aromatic rings. The smallest absolute Gasteiger partial charge is 0.283 e. The van der Waals surface area contributed by atoms with Crippen LogP contribution in [-0.2, 0) is 14.9 Å². The summed E-state index contributed by atoms with van der Waals surface area (Å²) in [6.45, 7) is 5.32. The van der Waals surface area contributed by atoms with Crippen LogP contribution in [0.5, 0.6) is 5.75 Å². The number of aryl methyl sites for hydroxylation is 1. The van der Waals surface area contributed by atoms with Gasteiger partial charge in [0.15, 0.2) is 11.2 Å². The van der Waals surface area contributed by atoms with E-state index in [1.807, 2.05) is 48.2 Å². The van der Waals surface area contributed by atoms with Gasteiger partial charge in [-0.05, 0) is 50.6 Å². The van der Waals surface area contributed by atoms with Gasteiger partial charge in [-0.2, -0.15) is 0 Å². The normalized spacial score (nSPS) is 12.6. The Kier molecular flexibility index (Phi) is 6.95. The zero-order chi connectivity index (χ0) is 25.3. The fourth-order valence-electron chi connectivity index (χ4n) is 3.82. The largest absolute Gasteiger partial charge is 0.483 e. The van der Waals surface area contributed by atoms with Gasteiger partial charge in [0.2, 0.25) is 5.03 Å². The predicted octanol–water partition coefficient (Wildman–Crippen LogP) is 5.10. The highest BCUT2D eigenvalue weighted by Gasteiger charge is 2.26. The molecular formula is C25H23ClN2O6S. The Morgan fingerprint density at radius 3 is 2.49 bits per heavy atom. The molecular weight excluding hydrogens is 492 g/mol. The molecule has 1 N–H and O–H groups in total. The summed E-state index contributed by atoms with van der Waals surface area (Å²) < 4.78 is 37.5. The van der Waals surface area contributed by atoms with Crippen molar-refractivity contribution < 1.29 is 22.4 Å². The van der Waals surface area contributed by atoms with E-state index in [9.17, 15) is 13.2 Å². The van der Waals surface area contributed by atoms with Crippen LogP contribution in [0, 0.1) is 13.8 Å². The highest BCUT2D eigenvalue weighted by atomic mass is 35.5. The summed E-state index contributed by atoms with van der Waals surface area (Å²) in [4.78, 5) is 23.7. The van der Waals surface area contributed by atoms with Crippen molar-refractivity contribution in [2.24, 2.45) is 0 Å². The zero-order valence-corrected chi connectivity index (χ0v) is 21.0. The number of hydrogen-bond acceptors (Lipinski definition) is 7. The van der Waals surface area contributed by atoms with Gasteiger partial charge in [-0.15, -0.1) is 0 Å². The average molecular weight is 515 g/mol. The number of pyridine rings is 1. The van der Waals surface area contributed by atoms with Crippen LogP contribution < -0.4 is 15.1 Å². The van der Waals surface area contributed by atoms with Crippen molar-refractivity contribution in [1.82, 2.24) is 9.87 Å². The third-order valence-corrected chi connectivity index (χ3v) is 6.81. The molecule has 0 fully saturated rings. The van der Waals surface area contributed by atoms with Gasteiger partial charge in [0.1, 0.15) is 22.6 Å². The Morgan fingerprint density at radius 1 is 1.09 bits per heavy atom. The number of halogens is 1. The maximum absolute atomic E-state index is 13.3. The first kappa shape index (κ1) is 24.9. The lowest BCUT2D eigenvalue weighted by Gasteiger charge is -2.19. The first-order valence-electron chi connectivity index (χ1n) is 10.6. The fourth-order valence-corrected chi connectivity index (χ4v) is 4.92. The van der Waals surface area contributed by atoms with E-state index in [0.29, 0.717) is 27.9 Å². The van der Waals surface area contributed by atoms with E-state index in [4.69, 9.17) is 20.8 Å². The summed E-state index contributed by atoms with van der Waals surface area (Å²) in [5.41, 5.74) is 2.87.